The Bertz CT molecular complexity index is 3780. The molecule has 2 rings (SSSR count). The molecule has 0 atom stereocenters. The molecule has 139 heavy (non-hydrogen) atoms. The van der Waals surface area contributed by atoms with E-state index in [9.17, 15) is 247 Å². The van der Waals surface area contributed by atoms with E-state index in [0.29, 0.717) is 30.7 Å². The van der Waals surface area contributed by atoms with E-state index in [1.165, 1.54) is 0 Å². The number of esters is 1. The Morgan fingerprint density at radius 1 is 0.295 bits per heavy atom. The van der Waals surface area contributed by atoms with Gasteiger partial charge in [0.25, 0.3) is 0 Å². The minimum absolute atomic E-state index is 0.0496. The van der Waals surface area contributed by atoms with Crippen LogP contribution in [0.5, 0.6) is 17.2 Å². The summed E-state index contributed by atoms with van der Waals surface area (Å²) >= 11 is 0. The standard InChI is InChI=1S/C72H77F54NO12/c1-7-45(2,3)44(129)127-38-12-14-39(15-13-38)139-42(128)16-11-37-35-40(130-26-8-17-46(4,133-29-20-49(73,74)55(85,86)61(97,98)67(109,110)111)134-30-21-50(75,76)56(87,88)62(99,100)68(112,113)114)43(132-28-10-19-48(6,137-33-24-53(81,82)59(93,94)65(105,106)71(121,122)123)138-34-25-54(83,84)60(95,96)66(107,108)72(124,125)126)41(36-37)131-27-9-18-47(5,135-31-22-51(77,78)57(89,90)63(101,102)69(115,116)117)136-32-23-52(79,80)58(91,92)64(103,104)70(118,119)120/h11,16,35-36,38-39H,7-10,12-15,17-34H2,1-6H3,(H,127,129)/b16-11+/t38-,39-. The third kappa shape index (κ3) is 29.0. The summed E-state index contributed by atoms with van der Waals surface area (Å²) in [6.45, 7) is -14.9. The number of carbonyl (C=O) groups excluding carboxylic acids is 2. The molecule has 1 N–H and O–H groups in total. The van der Waals surface area contributed by atoms with Crippen LogP contribution < -0.4 is 19.5 Å². The quantitative estimate of drug-likeness (QED) is 0.0218. The monoisotopic (exact) mass is 2170 g/mol. The van der Waals surface area contributed by atoms with Crippen molar-refractivity contribution in [2.45, 2.75) is 324 Å². The molecule has 1 amide bonds. The lowest BCUT2D eigenvalue weighted by molar-refractivity contribution is -0.399. The number of carbonyl (C=O) groups is 2. The number of halogens is 54. The van der Waals surface area contributed by atoms with Crippen LogP contribution in [0.2, 0.25) is 0 Å². The van der Waals surface area contributed by atoms with Crippen molar-refractivity contribution in [1.29, 1.82) is 0 Å². The Morgan fingerprint density at radius 2 is 0.504 bits per heavy atom. The zero-order valence-corrected chi connectivity index (χ0v) is 70.7. The van der Waals surface area contributed by atoms with Gasteiger partial charge in [0.1, 0.15) is 6.10 Å². The van der Waals surface area contributed by atoms with Crippen LogP contribution in [0.3, 0.4) is 0 Å². The molecule has 0 radical (unpaired) electrons. The number of amides is 1. The molecule has 0 saturated heterocycles. The highest BCUT2D eigenvalue weighted by Crippen LogP contribution is 2.62. The van der Waals surface area contributed by atoms with Crippen LogP contribution in [0, 0.1) is 5.41 Å². The van der Waals surface area contributed by atoms with Crippen molar-refractivity contribution in [3.05, 3.63) is 23.8 Å². The molecule has 0 spiro atoms. The fourth-order valence-corrected chi connectivity index (χ4v) is 11.3. The summed E-state index contributed by atoms with van der Waals surface area (Å²) in [6, 6.07) is 0.272. The maximum absolute atomic E-state index is 14.8. The van der Waals surface area contributed by atoms with Crippen LogP contribution in [0.4, 0.5) is 237 Å². The first-order chi connectivity index (χ1) is 61.4. The second-order valence-corrected chi connectivity index (χ2v) is 31.8. The third-order valence-electron chi connectivity index (χ3n) is 20.5. The van der Waals surface area contributed by atoms with Crippen LogP contribution in [0.25, 0.3) is 6.08 Å². The molecule has 1 aromatic rings. The van der Waals surface area contributed by atoms with Gasteiger partial charge >= 0.3 is 150 Å². The van der Waals surface area contributed by atoms with Crippen LogP contribution in [-0.2, 0) is 42.7 Å². The molecule has 0 unspecified atom stereocenters. The van der Waals surface area contributed by atoms with Gasteiger partial charge in [-0.15, -0.1) is 0 Å². The summed E-state index contributed by atoms with van der Waals surface area (Å²) in [5.74, 6) is -149. The van der Waals surface area contributed by atoms with E-state index in [-0.39, 0.29) is 46.5 Å². The van der Waals surface area contributed by atoms with Gasteiger partial charge < -0.3 is 52.7 Å². The lowest BCUT2D eigenvalue weighted by atomic mass is 9.87. The number of rotatable bonds is 57. The zero-order chi connectivity index (χ0) is 110. The molecule has 820 valence electrons. The summed E-state index contributed by atoms with van der Waals surface area (Å²) in [5.41, 5.74) is -1.74. The summed E-state index contributed by atoms with van der Waals surface area (Å²) < 4.78 is 800. The van der Waals surface area contributed by atoms with Crippen molar-refractivity contribution in [3.8, 4) is 17.2 Å². The molecule has 13 nitrogen and oxygen atoms in total. The first-order valence-corrected chi connectivity index (χ1v) is 38.7. The van der Waals surface area contributed by atoms with Crippen LogP contribution in [0.1, 0.15) is 156 Å². The largest absolute Gasteiger partial charge is 0.490 e. The van der Waals surface area contributed by atoms with Crippen LogP contribution in [-0.4, -0.2) is 245 Å². The highest BCUT2D eigenvalue weighted by Gasteiger charge is 2.87. The fraction of sp³-hybridized carbons (Fsp3) is 0.861. The Balaban J connectivity index is 3.28. The minimum atomic E-state index is -7.75. The molecular weight excluding hydrogens is 2100 g/mol. The second kappa shape index (κ2) is 43.5. The Kier molecular flexibility index (Phi) is 40.2. The van der Waals surface area contributed by atoms with E-state index in [1.54, 1.807) is 20.8 Å². The topological polar surface area (TPSA) is 138 Å². The average Bonchev–Trinajstić information content (AvgIpc) is 0.765. The molecule has 1 aliphatic carbocycles. The van der Waals surface area contributed by atoms with E-state index in [0.717, 1.165) is 0 Å². The van der Waals surface area contributed by atoms with Crippen LogP contribution >= 0.6 is 0 Å². The Labute approximate surface area is 746 Å². The average molecular weight is 2170 g/mol. The summed E-state index contributed by atoms with van der Waals surface area (Å²) in [5, 5.41) is 2.73. The number of hydrogen-bond acceptors (Lipinski definition) is 12. The number of hydrogen-bond donors (Lipinski definition) is 1. The SMILES string of the molecule is CCC(C)(C)C(=O)N[C@H]1CC[C@H](OC(=O)/C=C/c2cc(OCCCC(C)(OCCC(F)(F)C(F)(F)C(F)(F)C(F)(F)F)OCCC(F)(F)C(F)(F)C(F)(F)C(F)(F)F)c(OCCCC(C)(OCCC(F)(F)C(F)(F)C(F)(F)C(F)(F)F)OCCC(F)(F)C(F)(F)C(F)(F)C(F)(F)F)c(OCCCC(C)(OCCC(F)(F)C(F)(F)C(F)(F)C(F)(F)F)OCCC(F)(F)C(F)(F)C(F)(F)C(F)(F)F)c2)CC1. The van der Waals surface area contributed by atoms with Gasteiger partial charge in [-0.05, 0) is 95.9 Å². The molecule has 0 heterocycles. The molecule has 1 aromatic carbocycles. The molecule has 67 heteroatoms. The predicted octanol–water partition coefficient (Wildman–Crippen LogP) is 27.0. The van der Waals surface area contributed by atoms with Gasteiger partial charge in [-0.2, -0.15) is 237 Å². The summed E-state index contributed by atoms with van der Waals surface area (Å²) in [7, 11) is 0. The van der Waals surface area contributed by atoms with Gasteiger partial charge in [0.05, 0.1) is 59.5 Å². The van der Waals surface area contributed by atoms with Gasteiger partial charge in [0, 0.05) is 75.3 Å². The Hall–Kier alpha value is -6.72. The Morgan fingerprint density at radius 3 is 0.705 bits per heavy atom. The van der Waals surface area contributed by atoms with E-state index in [4.69, 9.17) is 18.9 Å². The first kappa shape index (κ1) is 128. The molecule has 1 saturated carbocycles. The fourth-order valence-electron chi connectivity index (χ4n) is 11.3. The summed E-state index contributed by atoms with van der Waals surface area (Å²) in [4.78, 5) is 26.4. The van der Waals surface area contributed by atoms with E-state index < -0.39 is 350 Å². The van der Waals surface area contributed by atoms with Crippen molar-refractivity contribution in [2.75, 3.05) is 59.5 Å². The predicted molar refractivity (Wildman–Crippen MR) is 358 cm³/mol. The lowest BCUT2D eigenvalue weighted by Crippen LogP contribution is -2.61. The molecule has 0 bridgehead atoms. The number of benzene rings is 1. The van der Waals surface area contributed by atoms with E-state index >= 15 is 0 Å². The first-order valence-electron chi connectivity index (χ1n) is 38.7. The van der Waals surface area contributed by atoms with Crippen molar-refractivity contribution in [2.24, 2.45) is 5.41 Å². The maximum atomic E-state index is 14.8. The number of nitrogens with one attached hydrogen (secondary N) is 1. The van der Waals surface area contributed by atoms with Gasteiger partial charge in [0.15, 0.2) is 28.9 Å². The summed E-state index contributed by atoms with van der Waals surface area (Å²) in [6.07, 6.45) is -73.7. The number of ether oxygens (including phenoxy) is 10. The van der Waals surface area contributed by atoms with Crippen LogP contribution in [0.15, 0.2) is 18.2 Å². The minimum Gasteiger partial charge on any atom is -0.490 e. The van der Waals surface area contributed by atoms with Gasteiger partial charge in [0.2, 0.25) is 11.7 Å². The van der Waals surface area contributed by atoms with E-state index in [1.807, 2.05) is 0 Å². The number of alkyl halides is 54. The smallest absolute Gasteiger partial charge is 0.460 e. The highest BCUT2D eigenvalue weighted by atomic mass is 19.5. The highest BCUT2D eigenvalue weighted by molar-refractivity contribution is 5.87. The van der Waals surface area contributed by atoms with Crippen molar-refractivity contribution < 1.29 is 294 Å². The zero-order valence-electron chi connectivity index (χ0n) is 70.7. The normalized spacial score (nSPS) is 17.1. The van der Waals surface area contributed by atoms with Crippen molar-refractivity contribution in [1.82, 2.24) is 5.32 Å². The second-order valence-electron chi connectivity index (χ2n) is 31.8. The molecule has 1 fully saturated rings. The molecule has 0 aliphatic heterocycles. The maximum Gasteiger partial charge on any atom is 0.460 e. The lowest BCUT2D eigenvalue weighted by Gasteiger charge is -2.36. The molecular formula is C72H77F54NO12. The van der Waals surface area contributed by atoms with E-state index in [2.05, 4.69) is 33.7 Å². The van der Waals surface area contributed by atoms with Gasteiger partial charge in [-0.25, -0.2) is 4.79 Å². The van der Waals surface area contributed by atoms with Gasteiger partial charge in [-0.1, -0.05) is 20.8 Å². The van der Waals surface area contributed by atoms with Crippen molar-refractivity contribution in [3.63, 3.8) is 0 Å². The van der Waals surface area contributed by atoms with Crippen molar-refractivity contribution >= 4 is 18.0 Å². The van der Waals surface area contributed by atoms with Gasteiger partial charge in [-0.3, -0.25) is 4.79 Å². The molecule has 0 aromatic heterocycles. The third-order valence-corrected chi connectivity index (χ3v) is 20.5. The molecule has 1 aliphatic rings.